The minimum Gasteiger partial charge on any atom is -0.496 e. The Bertz CT molecular complexity index is 541. The Hall–Kier alpha value is -2.04. The van der Waals surface area contributed by atoms with Gasteiger partial charge in [-0.3, -0.25) is 9.59 Å². The number of nitrogens with zero attached hydrogens (tertiary/aromatic N) is 1. The van der Waals surface area contributed by atoms with E-state index in [0.29, 0.717) is 17.9 Å². The van der Waals surface area contributed by atoms with E-state index in [1.807, 2.05) is 19.9 Å². The lowest BCUT2D eigenvalue weighted by atomic mass is 9.99. The first-order valence-electron chi connectivity index (χ1n) is 6.60. The van der Waals surface area contributed by atoms with Gasteiger partial charge in [0.2, 0.25) is 0 Å². The summed E-state index contributed by atoms with van der Waals surface area (Å²) in [6.07, 6.45) is 0. The molecular formula is C15H19NO4. The maximum atomic E-state index is 12.5. The molecule has 0 aliphatic carbocycles. The number of aryl methyl sites for hydroxylation is 1. The van der Waals surface area contributed by atoms with E-state index in [0.717, 1.165) is 5.56 Å². The monoisotopic (exact) mass is 277 g/mol. The quantitative estimate of drug-likeness (QED) is 0.914. The molecule has 2 atom stereocenters. The van der Waals surface area contributed by atoms with E-state index in [2.05, 4.69) is 0 Å². The Balaban J connectivity index is 2.25. The number of hydrogen-bond donors (Lipinski definition) is 1. The predicted octanol–water partition coefficient (Wildman–Crippen LogP) is 1.80. The molecule has 5 nitrogen and oxygen atoms in total. The smallest absolute Gasteiger partial charge is 0.308 e. The van der Waals surface area contributed by atoms with E-state index < -0.39 is 11.9 Å². The largest absolute Gasteiger partial charge is 0.496 e. The first-order chi connectivity index (χ1) is 9.43. The van der Waals surface area contributed by atoms with Gasteiger partial charge in [0.05, 0.1) is 18.6 Å². The first kappa shape index (κ1) is 14.4. The Morgan fingerprint density at radius 1 is 1.35 bits per heavy atom. The van der Waals surface area contributed by atoms with Crippen molar-refractivity contribution in [1.82, 2.24) is 4.90 Å². The number of carbonyl (C=O) groups excluding carboxylic acids is 1. The maximum Gasteiger partial charge on any atom is 0.308 e. The average Bonchev–Trinajstić information content (AvgIpc) is 2.80. The number of methoxy groups -OCH3 is 1. The standard InChI is InChI=1S/C15H19NO4/c1-9-4-5-13(20-3)11(6-9)14(17)16-7-10(2)12(8-16)15(18)19/h4-6,10,12H,7-8H2,1-3H3,(H,18,19). The molecule has 108 valence electrons. The van der Waals surface area contributed by atoms with Crippen molar-refractivity contribution in [2.75, 3.05) is 20.2 Å². The summed E-state index contributed by atoms with van der Waals surface area (Å²) in [7, 11) is 1.52. The van der Waals surface area contributed by atoms with Crippen LogP contribution in [0.3, 0.4) is 0 Å². The van der Waals surface area contributed by atoms with E-state index in [9.17, 15) is 9.59 Å². The molecule has 1 fully saturated rings. The van der Waals surface area contributed by atoms with Crippen molar-refractivity contribution >= 4 is 11.9 Å². The molecule has 0 saturated carbocycles. The second-order valence-corrected chi connectivity index (χ2v) is 5.34. The number of amides is 1. The van der Waals surface area contributed by atoms with Crippen molar-refractivity contribution in [3.63, 3.8) is 0 Å². The highest BCUT2D eigenvalue weighted by atomic mass is 16.5. The molecule has 0 radical (unpaired) electrons. The molecule has 1 saturated heterocycles. The normalized spacial score (nSPS) is 21.9. The van der Waals surface area contributed by atoms with Gasteiger partial charge in [0, 0.05) is 13.1 Å². The zero-order valence-electron chi connectivity index (χ0n) is 11.9. The number of benzene rings is 1. The van der Waals surface area contributed by atoms with Gasteiger partial charge in [-0.15, -0.1) is 0 Å². The second kappa shape index (κ2) is 5.53. The van der Waals surface area contributed by atoms with E-state index in [1.54, 1.807) is 17.0 Å². The third-order valence-corrected chi connectivity index (χ3v) is 3.80. The van der Waals surface area contributed by atoms with Crippen LogP contribution in [-0.4, -0.2) is 42.1 Å². The van der Waals surface area contributed by atoms with E-state index >= 15 is 0 Å². The number of rotatable bonds is 3. The van der Waals surface area contributed by atoms with Crippen molar-refractivity contribution in [3.8, 4) is 5.75 Å². The van der Waals surface area contributed by atoms with Crippen LogP contribution < -0.4 is 4.74 Å². The molecule has 5 heteroatoms. The van der Waals surface area contributed by atoms with Crippen LogP contribution >= 0.6 is 0 Å². The van der Waals surface area contributed by atoms with Gasteiger partial charge >= 0.3 is 5.97 Å². The Labute approximate surface area is 118 Å². The molecule has 1 aromatic carbocycles. The van der Waals surface area contributed by atoms with Crippen molar-refractivity contribution in [2.45, 2.75) is 13.8 Å². The van der Waals surface area contributed by atoms with Crippen molar-refractivity contribution in [2.24, 2.45) is 11.8 Å². The summed E-state index contributed by atoms with van der Waals surface area (Å²) in [6, 6.07) is 5.42. The van der Waals surface area contributed by atoms with E-state index in [-0.39, 0.29) is 18.4 Å². The minimum atomic E-state index is -0.844. The van der Waals surface area contributed by atoms with Crippen molar-refractivity contribution in [3.05, 3.63) is 29.3 Å². The van der Waals surface area contributed by atoms with Gasteiger partial charge in [0.15, 0.2) is 0 Å². The molecule has 1 aliphatic heterocycles. The molecule has 1 heterocycles. The summed E-state index contributed by atoms with van der Waals surface area (Å²) in [5.41, 5.74) is 1.46. The predicted molar refractivity (Wildman–Crippen MR) is 73.9 cm³/mol. The Morgan fingerprint density at radius 2 is 2.05 bits per heavy atom. The molecule has 0 bridgehead atoms. The van der Waals surface area contributed by atoms with Crippen LogP contribution in [0.4, 0.5) is 0 Å². The number of carboxylic acids is 1. The molecule has 1 aromatic rings. The van der Waals surface area contributed by atoms with Crippen LogP contribution in [0.5, 0.6) is 5.75 Å². The zero-order chi connectivity index (χ0) is 14.9. The highest BCUT2D eigenvalue weighted by molar-refractivity contribution is 5.97. The number of carboxylic acid groups (broad SMARTS) is 1. The minimum absolute atomic E-state index is 0.0349. The van der Waals surface area contributed by atoms with Gasteiger partial charge in [-0.1, -0.05) is 18.6 Å². The average molecular weight is 277 g/mol. The molecular weight excluding hydrogens is 258 g/mol. The zero-order valence-corrected chi connectivity index (χ0v) is 11.9. The molecule has 2 rings (SSSR count). The summed E-state index contributed by atoms with van der Waals surface area (Å²) in [4.78, 5) is 25.3. The third kappa shape index (κ3) is 2.61. The van der Waals surface area contributed by atoms with Gasteiger partial charge < -0.3 is 14.7 Å². The number of carbonyl (C=O) groups is 2. The first-order valence-corrected chi connectivity index (χ1v) is 6.60. The molecule has 0 aromatic heterocycles. The van der Waals surface area contributed by atoms with Crippen LogP contribution in [0.1, 0.15) is 22.8 Å². The van der Waals surface area contributed by atoms with Crippen LogP contribution in [0.2, 0.25) is 0 Å². The summed E-state index contributed by atoms with van der Waals surface area (Å²) in [6.45, 7) is 4.49. The van der Waals surface area contributed by atoms with Crippen LogP contribution in [0, 0.1) is 18.8 Å². The van der Waals surface area contributed by atoms with Gasteiger partial charge in [-0.2, -0.15) is 0 Å². The fraction of sp³-hybridized carbons (Fsp3) is 0.467. The summed E-state index contributed by atoms with van der Waals surface area (Å²) >= 11 is 0. The molecule has 2 unspecified atom stereocenters. The Kier molecular flexibility index (Phi) is 3.97. The van der Waals surface area contributed by atoms with Gasteiger partial charge in [-0.25, -0.2) is 0 Å². The van der Waals surface area contributed by atoms with Crippen molar-refractivity contribution < 1.29 is 19.4 Å². The fourth-order valence-corrected chi connectivity index (χ4v) is 2.61. The van der Waals surface area contributed by atoms with Crippen LogP contribution in [0.15, 0.2) is 18.2 Å². The lowest BCUT2D eigenvalue weighted by Crippen LogP contribution is -2.30. The van der Waals surface area contributed by atoms with Crippen molar-refractivity contribution in [1.29, 1.82) is 0 Å². The number of ether oxygens (including phenoxy) is 1. The molecule has 1 amide bonds. The molecule has 1 aliphatic rings. The van der Waals surface area contributed by atoms with Gasteiger partial charge in [-0.05, 0) is 25.0 Å². The molecule has 1 N–H and O–H groups in total. The van der Waals surface area contributed by atoms with Gasteiger partial charge in [0.25, 0.3) is 5.91 Å². The summed E-state index contributed by atoms with van der Waals surface area (Å²) in [5.74, 6) is -1.01. The summed E-state index contributed by atoms with van der Waals surface area (Å²) < 4.78 is 5.22. The summed E-state index contributed by atoms with van der Waals surface area (Å²) in [5, 5.41) is 9.14. The highest BCUT2D eigenvalue weighted by Crippen LogP contribution is 2.28. The fourth-order valence-electron chi connectivity index (χ4n) is 2.61. The van der Waals surface area contributed by atoms with Crippen LogP contribution in [-0.2, 0) is 4.79 Å². The maximum absolute atomic E-state index is 12.5. The molecule has 20 heavy (non-hydrogen) atoms. The van der Waals surface area contributed by atoms with E-state index in [1.165, 1.54) is 7.11 Å². The lowest BCUT2D eigenvalue weighted by molar-refractivity contribution is -0.142. The lowest BCUT2D eigenvalue weighted by Gasteiger charge is -2.18. The Morgan fingerprint density at radius 3 is 2.60 bits per heavy atom. The highest BCUT2D eigenvalue weighted by Gasteiger charge is 2.37. The number of likely N-dealkylation sites (tertiary alicyclic amines) is 1. The number of hydrogen-bond acceptors (Lipinski definition) is 3. The second-order valence-electron chi connectivity index (χ2n) is 5.34. The topological polar surface area (TPSA) is 66.8 Å². The van der Waals surface area contributed by atoms with Crippen LogP contribution in [0.25, 0.3) is 0 Å². The number of aliphatic carboxylic acids is 1. The SMILES string of the molecule is COc1ccc(C)cc1C(=O)N1CC(C)C(C(=O)O)C1. The molecule has 0 spiro atoms. The van der Waals surface area contributed by atoms with Gasteiger partial charge in [0.1, 0.15) is 5.75 Å². The van der Waals surface area contributed by atoms with E-state index in [4.69, 9.17) is 9.84 Å². The third-order valence-electron chi connectivity index (χ3n) is 3.80.